The van der Waals surface area contributed by atoms with E-state index in [4.69, 9.17) is 33.2 Å². The Kier molecular flexibility index (Phi) is 15.7. The van der Waals surface area contributed by atoms with Gasteiger partial charge >= 0.3 is 0 Å². The molecule has 1 aromatic rings. The van der Waals surface area contributed by atoms with Crippen LogP contribution in [0.15, 0.2) is 29.3 Å². The first-order valence-corrected chi connectivity index (χ1v) is 12.2. The molecule has 0 spiro atoms. The molecule has 6 nitrogen and oxygen atoms in total. The fourth-order valence-electron chi connectivity index (χ4n) is 3.32. The lowest BCUT2D eigenvalue weighted by Crippen LogP contribution is -2.46. The molecule has 0 fully saturated rings. The summed E-state index contributed by atoms with van der Waals surface area (Å²) >= 11 is 5.89. The number of halogens is 1. The second kappa shape index (κ2) is 17.8. The summed E-state index contributed by atoms with van der Waals surface area (Å²) in [5.74, 6) is 0.143. The molecule has 0 aliphatic heterocycles. The number of nitrogens with one attached hydrogen (secondary N) is 1. The van der Waals surface area contributed by atoms with Crippen LogP contribution in [-0.2, 0) is 11.3 Å². The second-order valence-electron chi connectivity index (χ2n) is 7.99. The summed E-state index contributed by atoms with van der Waals surface area (Å²) in [6.45, 7) is 4.61. The van der Waals surface area contributed by atoms with Crippen LogP contribution in [0.3, 0.4) is 0 Å². The van der Waals surface area contributed by atoms with Gasteiger partial charge in [-0.2, -0.15) is 0 Å². The van der Waals surface area contributed by atoms with Gasteiger partial charge in [0, 0.05) is 24.8 Å². The molecule has 31 heavy (non-hydrogen) atoms. The van der Waals surface area contributed by atoms with E-state index in [0.29, 0.717) is 24.7 Å². The van der Waals surface area contributed by atoms with Crippen molar-refractivity contribution in [3.63, 3.8) is 0 Å². The summed E-state index contributed by atoms with van der Waals surface area (Å²) in [5.41, 5.74) is 12.7. The third-order valence-corrected chi connectivity index (χ3v) is 5.47. The van der Waals surface area contributed by atoms with Crippen molar-refractivity contribution in [1.29, 1.82) is 5.41 Å². The fraction of sp³-hybridized carbons (Fsp3) is 0.667. The van der Waals surface area contributed by atoms with Gasteiger partial charge in [0.15, 0.2) is 11.9 Å². The van der Waals surface area contributed by atoms with E-state index in [1.807, 2.05) is 24.3 Å². The fourth-order valence-corrected chi connectivity index (χ4v) is 3.45. The Morgan fingerprint density at radius 3 is 2.03 bits per heavy atom. The Hall–Kier alpha value is -1.79. The minimum atomic E-state index is -0.105. The van der Waals surface area contributed by atoms with E-state index in [2.05, 4.69) is 11.9 Å². The predicted molar refractivity (Wildman–Crippen MR) is 133 cm³/mol. The van der Waals surface area contributed by atoms with Crippen molar-refractivity contribution >= 4 is 23.5 Å². The lowest BCUT2D eigenvalue weighted by molar-refractivity contribution is 0.125. The molecule has 176 valence electrons. The zero-order valence-corrected chi connectivity index (χ0v) is 20.0. The molecule has 5 N–H and O–H groups in total. The van der Waals surface area contributed by atoms with E-state index >= 15 is 0 Å². The number of ether oxygens (including phenoxy) is 1. The number of unbranched alkanes of at least 4 members (excludes halogenated alkanes) is 9. The molecule has 0 saturated carbocycles. The van der Waals surface area contributed by atoms with Crippen molar-refractivity contribution in [2.75, 3.05) is 19.8 Å². The summed E-state index contributed by atoms with van der Waals surface area (Å²) in [7, 11) is 0. The van der Waals surface area contributed by atoms with Crippen LogP contribution < -0.4 is 11.5 Å². The van der Waals surface area contributed by atoms with Crippen LogP contribution in [0.25, 0.3) is 0 Å². The van der Waals surface area contributed by atoms with E-state index in [-0.39, 0.29) is 11.9 Å². The lowest BCUT2D eigenvalue weighted by Gasteiger charge is -2.21. The van der Waals surface area contributed by atoms with Crippen LogP contribution in [0.5, 0.6) is 0 Å². The van der Waals surface area contributed by atoms with Crippen LogP contribution in [0.2, 0.25) is 5.02 Å². The van der Waals surface area contributed by atoms with Crippen molar-refractivity contribution in [2.24, 2.45) is 16.5 Å². The molecule has 1 rings (SSSR count). The molecule has 0 atom stereocenters. The van der Waals surface area contributed by atoms with Crippen LogP contribution in [0, 0.1) is 5.41 Å². The summed E-state index contributed by atoms with van der Waals surface area (Å²) in [6, 6.07) is 7.44. The zero-order valence-electron chi connectivity index (χ0n) is 19.3. The Labute approximate surface area is 193 Å². The molecular weight excluding hydrogens is 410 g/mol. The van der Waals surface area contributed by atoms with Crippen LogP contribution >= 0.6 is 11.6 Å². The van der Waals surface area contributed by atoms with Gasteiger partial charge in [0.1, 0.15) is 0 Å². The van der Waals surface area contributed by atoms with E-state index in [9.17, 15) is 0 Å². The molecule has 7 heteroatoms. The van der Waals surface area contributed by atoms with E-state index in [1.165, 1.54) is 62.7 Å². The average molecular weight is 452 g/mol. The van der Waals surface area contributed by atoms with Crippen molar-refractivity contribution in [3.05, 3.63) is 34.9 Å². The molecule has 0 amide bonds. The Morgan fingerprint density at radius 1 is 0.903 bits per heavy atom. The van der Waals surface area contributed by atoms with Gasteiger partial charge in [-0.3, -0.25) is 10.3 Å². The highest BCUT2D eigenvalue weighted by Crippen LogP contribution is 2.11. The number of nitrogens with zero attached hydrogens (tertiary/aromatic N) is 2. The minimum absolute atomic E-state index is 0.105. The Balaban J connectivity index is 2.09. The maximum Gasteiger partial charge on any atom is 0.198 e. The average Bonchev–Trinajstić information content (AvgIpc) is 2.75. The first-order valence-electron chi connectivity index (χ1n) is 11.8. The van der Waals surface area contributed by atoms with E-state index in [1.54, 1.807) is 0 Å². The van der Waals surface area contributed by atoms with Gasteiger partial charge in [-0.1, -0.05) is 88.4 Å². The molecular formula is C24H42ClN5O. The number of benzene rings is 1. The molecule has 1 aromatic carbocycles. The normalized spacial score (nSPS) is 11.6. The third-order valence-electron chi connectivity index (χ3n) is 5.22. The Bertz CT molecular complexity index is 621. The van der Waals surface area contributed by atoms with Crippen LogP contribution in [-0.4, -0.2) is 36.6 Å². The molecule has 0 radical (unpaired) electrons. The quantitative estimate of drug-likeness (QED) is 0.161. The topological polar surface area (TPSA) is 101 Å². The van der Waals surface area contributed by atoms with E-state index < -0.39 is 0 Å². The molecule has 0 saturated heterocycles. The maximum atomic E-state index is 7.75. The van der Waals surface area contributed by atoms with Gasteiger partial charge in [0.25, 0.3) is 0 Å². The Morgan fingerprint density at radius 2 is 1.45 bits per heavy atom. The molecule has 0 aliphatic carbocycles. The number of aliphatic imine (C=N–C) groups is 1. The highest BCUT2D eigenvalue weighted by atomic mass is 35.5. The van der Waals surface area contributed by atoms with Gasteiger partial charge in [-0.25, -0.2) is 4.99 Å². The summed E-state index contributed by atoms with van der Waals surface area (Å²) in [6.07, 6.45) is 14.0. The molecule has 0 heterocycles. The molecule has 0 bridgehead atoms. The number of rotatable bonds is 17. The summed E-state index contributed by atoms with van der Waals surface area (Å²) in [4.78, 5) is 5.86. The first kappa shape index (κ1) is 27.2. The van der Waals surface area contributed by atoms with Gasteiger partial charge in [-0.15, -0.1) is 0 Å². The number of guanidine groups is 2. The predicted octanol–water partition coefficient (Wildman–Crippen LogP) is 5.68. The van der Waals surface area contributed by atoms with Crippen molar-refractivity contribution in [1.82, 2.24) is 4.90 Å². The summed E-state index contributed by atoms with van der Waals surface area (Å²) in [5, 5.41) is 8.44. The lowest BCUT2D eigenvalue weighted by atomic mass is 10.1. The smallest absolute Gasteiger partial charge is 0.198 e. The molecule has 0 unspecified atom stereocenters. The van der Waals surface area contributed by atoms with Gasteiger partial charge in [0.05, 0.1) is 6.54 Å². The van der Waals surface area contributed by atoms with Crippen molar-refractivity contribution in [2.45, 2.75) is 84.1 Å². The second-order valence-corrected chi connectivity index (χ2v) is 8.42. The summed E-state index contributed by atoms with van der Waals surface area (Å²) < 4.78 is 5.72. The number of hydrogen-bond donors (Lipinski definition) is 3. The monoisotopic (exact) mass is 451 g/mol. The van der Waals surface area contributed by atoms with Gasteiger partial charge < -0.3 is 16.2 Å². The first-order chi connectivity index (χ1) is 15.0. The zero-order chi connectivity index (χ0) is 22.7. The van der Waals surface area contributed by atoms with Gasteiger partial charge in [0.2, 0.25) is 0 Å². The number of nitrogens with two attached hydrogens (primary N) is 2. The minimum Gasteiger partial charge on any atom is -0.381 e. The van der Waals surface area contributed by atoms with Gasteiger partial charge in [-0.05, 0) is 30.5 Å². The third kappa shape index (κ3) is 14.0. The van der Waals surface area contributed by atoms with Crippen molar-refractivity contribution in [3.8, 4) is 0 Å². The largest absolute Gasteiger partial charge is 0.381 e. The standard InChI is InChI=1S/C24H42ClN5O/c1-2-3-4-5-6-7-8-9-10-11-18-31-19-12-17-30(23(26)27)24(28)29-20-21-13-15-22(25)16-14-21/h13-16H,2-12,17-20H2,1H3,(H3,26,27)(H2,28,29). The van der Waals surface area contributed by atoms with Crippen molar-refractivity contribution < 1.29 is 4.74 Å². The maximum absolute atomic E-state index is 7.75. The van der Waals surface area contributed by atoms with Crippen LogP contribution in [0.4, 0.5) is 0 Å². The highest BCUT2D eigenvalue weighted by molar-refractivity contribution is 6.30. The highest BCUT2D eigenvalue weighted by Gasteiger charge is 2.10. The number of hydrogen-bond acceptors (Lipinski definition) is 3. The van der Waals surface area contributed by atoms with Crippen LogP contribution in [0.1, 0.15) is 83.1 Å². The molecule has 0 aliphatic rings. The molecule has 0 aromatic heterocycles. The SMILES string of the molecule is CCCCCCCCCCCCOCCCN(C(=N)N)C(N)=NCc1ccc(Cl)cc1. The van der Waals surface area contributed by atoms with E-state index in [0.717, 1.165) is 25.0 Å².